The highest BCUT2D eigenvalue weighted by Crippen LogP contribution is 2.24. The van der Waals surface area contributed by atoms with Gasteiger partial charge in [0.15, 0.2) is 0 Å². The van der Waals surface area contributed by atoms with E-state index in [1.165, 1.54) is 12.1 Å². The fraction of sp³-hybridized carbons (Fsp3) is 0.353. The SMILES string of the molecule is CC(=O)N1CCN(c2cc(Nc3ccc(F)c(Cl)c3)nc(C)n2)CC1. The number of hydrogen-bond acceptors (Lipinski definition) is 5. The Bertz CT molecular complexity index is 793. The molecular formula is C17H19ClFN5O. The Labute approximate surface area is 150 Å². The molecule has 1 aromatic carbocycles. The number of aryl methyl sites for hydroxylation is 1. The van der Waals surface area contributed by atoms with Gasteiger partial charge in [-0.15, -0.1) is 0 Å². The van der Waals surface area contributed by atoms with E-state index in [1.54, 1.807) is 13.0 Å². The molecule has 1 amide bonds. The van der Waals surface area contributed by atoms with Crippen molar-refractivity contribution >= 4 is 34.8 Å². The van der Waals surface area contributed by atoms with Crippen LogP contribution in [0.25, 0.3) is 0 Å². The number of piperazine rings is 1. The Morgan fingerprint density at radius 2 is 1.92 bits per heavy atom. The average Bonchev–Trinajstić information content (AvgIpc) is 2.58. The van der Waals surface area contributed by atoms with E-state index in [1.807, 2.05) is 17.9 Å². The fourth-order valence-electron chi connectivity index (χ4n) is 2.75. The van der Waals surface area contributed by atoms with Gasteiger partial charge in [-0.2, -0.15) is 0 Å². The number of halogens is 2. The summed E-state index contributed by atoms with van der Waals surface area (Å²) in [5.41, 5.74) is 0.650. The highest BCUT2D eigenvalue weighted by atomic mass is 35.5. The molecule has 0 bridgehead atoms. The first-order chi connectivity index (χ1) is 11.9. The van der Waals surface area contributed by atoms with E-state index in [2.05, 4.69) is 20.2 Å². The molecule has 8 heteroatoms. The topological polar surface area (TPSA) is 61.4 Å². The van der Waals surface area contributed by atoms with E-state index in [4.69, 9.17) is 11.6 Å². The lowest BCUT2D eigenvalue weighted by Crippen LogP contribution is -2.48. The van der Waals surface area contributed by atoms with Crippen molar-refractivity contribution in [3.05, 3.63) is 40.9 Å². The Morgan fingerprint density at radius 1 is 1.20 bits per heavy atom. The number of carbonyl (C=O) groups is 1. The minimum Gasteiger partial charge on any atom is -0.353 e. The summed E-state index contributed by atoms with van der Waals surface area (Å²) in [5, 5.41) is 3.18. The largest absolute Gasteiger partial charge is 0.353 e. The zero-order chi connectivity index (χ0) is 18.0. The first kappa shape index (κ1) is 17.4. The second-order valence-corrected chi connectivity index (χ2v) is 6.31. The van der Waals surface area contributed by atoms with Crippen LogP contribution in [0.5, 0.6) is 0 Å². The minimum atomic E-state index is -0.463. The van der Waals surface area contributed by atoms with Gasteiger partial charge in [0, 0.05) is 44.9 Å². The van der Waals surface area contributed by atoms with Crippen LogP contribution >= 0.6 is 11.6 Å². The van der Waals surface area contributed by atoms with Gasteiger partial charge in [-0.05, 0) is 25.1 Å². The van der Waals surface area contributed by atoms with Crippen molar-refractivity contribution < 1.29 is 9.18 Å². The van der Waals surface area contributed by atoms with Crippen LogP contribution in [0.1, 0.15) is 12.7 Å². The summed E-state index contributed by atoms with van der Waals surface area (Å²) in [6, 6.07) is 6.26. The predicted octanol–water partition coefficient (Wildman–Crippen LogP) is 2.99. The molecule has 3 rings (SSSR count). The number of hydrogen-bond donors (Lipinski definition) is 1. The van der Waals surface area contributed by atoms with Crippen LogP contribution < -0.4 is 10.2 Å². The summed E-state index contributed by atoms with van der Waals surface area (Å²) in [7, 11) is 0. The quantitative estimate of drug-likeness (QED) is 0.908. The maximum Gasteiger partial charge on any atom is 0.219 e. The zero-order valence-corrected chi connectivity index (χ0v) is 14.8. The summed E-state index contributed by atoms with van der Waals surface area (Å²) in [6.45, 7) is 6.19. The molecule has 0 aliphatic carbocycles. The van der Waals surface area contributed by atoms with E-state index in [-0.39, 0.29) is 10.9 Å². The van der Waals surface area contributed by atoms with Crippen molar-refractivity contribution in [3.63, 3.8) is 0 Å². The average molecular weight is 364 g/mol. The molecule has 2 aromatic rings. The van der Waals surface area contributed by atoms with E-state index >= 15 is 0 Å². The van der Waals surface area contributed by atoms with Gasteiger partial charge in [0.1, 0.15) is 23.3 Å². The number of rotatable bonds is 3. The van der Waals surface area contributed by atoms with Crippen molar-refractivity contribution in [3.8, 4) is 0 Å². The van der Waals surface area contributed by atoms with Crippen LogP contribution in [-0.2, 0) is 4.79 Å². The lowest BCUT2D eigenvalue weighted by atomic mass is 10.3. The molecular weight excluding hydrogens is 345 g/mol. The van der Waals surface area contributed by atoms with E-state index < -0.39 is 5.82 Å². The second-order valence-electron chi connectivity index (χ2n) is 5.91. The van der Waals surface area contributed by atoms with Gasteiger partial charge in [0.25, 0.3) is 0 Å². The fourth-order valence-corrected chi connectivity index (χ4v) is 2.93. The third-order valence-corrected chi connectivity index (χ3v) is 4.36. The molecule has 6 nitrogen and oxygen atoms in total. The van der Waals surface area contributed by atoms with Gasteiger partial charge in [0.05, 0.1) is 5.02 Å². The maximum atomic E-state index is 13.3. The van der Waals surface area contributed by atoms with Crippen LogP contribution in [0.3, 0.4) is 0 Å². The summed E-state index contributed by atoms with van der Waals surface area (Å²) in [5.74, 6) is 1.66. The molecule has 25 heavy (non-hydrogen) atoms. The maximum absolute atomic E-state index is 13.3. The van der Waals surface area contributed by atoms with E-state index in [9.17, 15) is 9.18 Å². The third-order valence-electron chi connectivity index (χ3n) is 4.07. The molecule has 2 heterocycles. The van der Waals surface area contributed by atoms with Crippen molar-refractivity contribution in [2.24, 2.45) is 0 Å². The summed E-state index contributed by atoms with van der Waals surface area (Å²) < 4.78 is 13.3. The standard InChI is InChI=1S/C17H19ClFN5O/c1-11-20-16(22-13-3-4-15(19)14(18)9-13)10-17(21-11)24-7-5-23(6-8-24)12(2)25/h3-4,9-10H,5-8H2,1-2H3,(H,20,21,22). The highest BCUT2D eigenvalue weighted by Gasteiger charge is 2.20. The number of aromatic nitrogens is 2. The highest BCUT2D eigenvalue weighted by molar-refractivity contribution is 6.31. The summed E-state index contributed by atoms with van der Waals surface area (Å²) >= 11 is 5.82. The molecule has 0 atom stereocenters. The Morgan fingerprint density at radius 3 is 2.56 bits per heavy atom. The van der Waals surface area contributed by atoms with Crippen molar-refractivity contribution in [1.82, 2.24) is 14.9 Å². The van der Waals surface area contributed by atoms with Crippen molar-refractivity contribution in [1.29, 1.82) is 0 Å². The lowest BCUT2D eigenvalue weighted by Gasteiger charge is -2.35. The van der Waals surface area contributed by atoms with Crippen LogP contribution in [-0.4, -0.2) is 47.0 Å². The van der Waals surface area contributed by atoms with Crippen molar-refractivity contribution in [2.75, 3.05) is 36.4 Å². The van der Waals surface area contributed by atoms with Crippen LogP contribution in [0.2, 0.25) is 5.02 Å². The normalized spacial score (nSPS) is 14.6. The Balaban J connectivity index is 1.76. The Hall–Kier alpha value is -2.41. The number of carbonyl (C=O) groups excluding carboxylic acids is 1. The molecule has 0 radical (unpaired) electrons. The number of benzene rings is 1. The smallest absolute Gasteiger partial charge is 0.219 e. The van der Waals surface area contributed by atoms with Crippen LogP contribution in [0.4, 0.5) is 21.7 Å². The number of nitrogens with one attached hydrogen (secondary N) is 1. The molecule has 132 valence electrons. The first-order valence-corrected chi connectivity index (χ1v) is 8.38. The van der Waals surface area contributed by atoms with Crippen LogP contribution in [0.15, 0.2) is 24.3 Å². The molecule has 1 aliphatic rings. The molecule has 1 saturated heterocycles. The monoisotopic (exact) mass is 363 g/mol. The lowest BCUT2D eigenvalue weighted by molar-refractivity contribution is -0.129. The minimum absolute atomic E-state index is 0.0522. The third kappa shape index (κ3) is 4.17. The molecule has 1 fully saturated rings. The number of nitrogens with zero attached hydrogens (tertiary/aromatic N) is 4. The van der Waals surface area contributed by atoms with Gasteiger partial charge >= 0.3 is 0 Å². The van der Waals surface area contributed by atoms with Gasteiger partial charge in [-0.25, -0.2) is 14.4 Å². The summed E-state index contributed by atoms with van der Waals surface area (Å²) in [6.07, 6.45) is 0. The van der Waals surface area contributed by atoms with E-state index in [0.29, 0.717) is 30.4 Å². The van der Waals surface area contributed by atoms with Gasteiger partial charge in [-0.3, -0.25) is 4.79 Å². The molecule has 1 aliphatic heterocycles. The molecule has 1 aromatic heterocycles. The van der Waals surface area contributed by atoms with Gasteiger partial charge in [-0.1, -0.05) is 11.6 Å². The zero-order valence-electron chi connectivity index (χ0n) is 14.1. The van der Waals surface area contributed by atoms with Crippen LogP contribution in [0, 0.1) is 12.7 Å². The van der Waals surface area contributed by atoms with Gasteiger partial charge < -0.3 is 15.1 Å². The molecule has 1 N–H and O–H groups in total. The summed E-state index contributed by atoms with van der Waals surface area (Å²) in [4.78, 5) is 24.2. The van der Waals surface area contributed by atoms with Gasteiger partial charge in [0.2, 0.25) is 5.91 Å². The second kappa shape index (κ2) is 7.23. The first-order valence-electron chi connectivity index (χ1n) is 8.00. The van der Waals surface area contributed by atoms with E-state index in [0.717, 1.165) is 18.9 Å². The Kier molecular flexibility index (Phi) is 5.03. The molecule has 0 saturated carbocycles. The number of anilines is 3. The predicted molar refractivity (Wildman–Crippen MR) is 95.9 cm³/mol. The molecule has 0 unspecified atom stereocenters. The number of amides is 1. The van der Waals surface area contributed by atoms with Crippen molar-refractivity contribution in [2.45, 2.75) is 13.8 Å². The molecule has 0 spiro atoms.